The van der Waals surface area contributed by atoms with E-state index in [1.807, 2.05) is 0 Å². The second kappa shape index (κ2) is 6.98. The summed E-state index contributed by atoms with van der Waals surface area (Å²) in [6, 6.07) is 21.3. The van der Waals surface area contributed by atoms with E-state index in [0.29, 0.717) is 0 Å². The highest BCUT2D eigenvalue weighted by Gasteiger charge is 2.09. The SMILES string of the molecule is CCC(C)CCN(c1ccccc1)c1ccccc1. The van der Waals surface area contributed by atoms with Crippen LogP contribution in [0.25, 0.3) is 0 Å². The number of nitrogens with zero attached hydrogens (tertiary/aromatic N) is 1. The molecule has 1 atom stereocenters. The second-order valence-corrected chi connectivity index (χ2v) is 5.12. The van der Waals surface area contributed by atoms with Crippen LogP contribution in [0.5, 0.6) is 0 Å². The topological polar surface area (TPSA) is 3.24 Å². The van der Waals surface area contributed by atoms with E-state index in [9.17, 15) is 0 Å². The first-order valence-electron chi connectivity index (χ1n) is 7.19. The van der Waals surface area contributed by atoms with Gasteiger partial charge in [-0.25, -0.2) is 0 Å². The molecule has 100 valence electrons. The number of anilines is 2. The Morgan fingerprint density at radius 1 is 0.842 bits per heavy atom. The number of hydrogen-bond donors (Lipinski definition) is 0. The van der Waals surface area contributed by atoms with Crippen molar-refractivity contribution in [2.24, 2.45) is 5.92 Å². The Bertz CT molecular complexity index is 424. The van der Waals surface area contributed by atoms with Crippen molar-refractivity contribution in [1.82, 2.24) is 0 Å². The largest absolute Gasteiger partial charge is 0.341 e. The van der Waals surface area contributed by atoms with Crippen molar-refractivity contribution in [2.45, 2.75) is 26.7 Å². The summed E-state index contributed by atoms with van der Waals surface area (Å²) < 4.78 is 0. The molecule has 2 rings (SSSR count). The van der Waals surface area contributed by atoms with Gasteiger partial charge in [-0.3, -0.25) is 0 Å². The van der Waals surface area contributed by atoms with Crippen molar-refractivity contribution in [3.05, 3.63) is 60.7 Å². The fraction of sp³-hybridized carbons (Fsp3) is 0.333. The minimum Gasteiger partial charge on any atom is -0.341 e. The fourth-order valence-electron chi connectivity index (χ4n) is 2.18. The van der Waals surface area contributed by atoms with Crippen LogP contribution >= 0.6 is 0 Å². The molecule has 0 bridgehead atoms. The third-order valence-electron chi connectivity index (χ3n) is 3.68. The smallest absolute Gasteiger partial charge is 0.0410 e. The van der Waals surface area contributed by atoms with E-state index in [-0.39, 0.29) is 0 Å². The number of rotatable bonds is 6. The lowest BCUT2D eigenvalue weighted by atomic mass is 10.0. The molecule has 2 aromatic carbocycles. The zero-order valence-electron chi connectivity index (χ0n) is 11.9. The highest BCUT2D eigenvalue weighted by atomic mass is 15.1. The third kappa shape index (κ3) is 3.85. The van der Waals surface area contributed by atoms with Gasteiger partial charge in [0.2, 0.25) is 0 Å². The molecule has 1 nitrogen and oxygen atoms in total. The molecule has 0 aliphatic rings. The van der Waals surface area contributed by atoms with Gasteiger partial charge in [-0.05, 0) is 36.6 Å². The Morgan fingerprint density at radius 2 is 1.32 bits per heavy atom. The molecule has 0 fully saturated rings. The van der Waals surface area contributed by atoms with E-state index < -0.39 is 0 Å². The first-order chi connectivity index (χ1) is 9.31. The summed E-state index contributed by atoms with van der Waals surface area (Å²) in [4.78, 5) is 2.41. The Kier molecular flexibility index (Phi) is 5.02. The minimum atomic E-state index is 0.773. The monoisotopic (exact) mass is 253 g/mol. The lowest BCUT2D eigenvalue weighted by Crippen LogP contribution is -2.20. The summed E-state index contributed by atoms with van der Waals surface area (Å²) >= 11 is 0. The average Bonchev–Trinajstić information content (AvgIpc) is 2.49. The molecule has 1 heteroatoms. The van der Waals surface area contributed by atoms with Crippen LogP contribution in [0.1, 0.15) is 26.7 Å². The summed E-state index contributed by atoms with van der Waals surface area (Å²) in [6.07, 6.45) is 2.47. The van der Waals surface area contributed by atoms with Gasteiger partial charge in [0, 0.05) is 17.9 Å². The average molecular weight is 253 g/mol. The third-order valence-corrected chi connectivity index (χ3v) is 3.68. The van der Waals surface area contributed by atoms with Crippen molar-refractivity contribution in [3.8, 4) is 0 Å². The van der Waals surface area contributed by atoms with E-state index in [4.69, 9.17) is 0 Å². The molecule has 0 N–H and O–H groups in total. The van der Waals surface area contributed by atoms with Crippen LogP contribution in [0.3, 0.4) is 0 Å². The van der Waals surface area contributed by atoms with Gasteiger partial charge in [-0.2, -0.15) is 0 Å². The van der Waals surface area contributed by atoms with Gasteiger partial charge in [0.15, 0.2) is 0 Å². The van der Waals surface area contributed by atoms with Gasteiger partial charge in [-0.15, -0.1) is 0 Å². The normalized spacial score (nSPS) is 12.1. The standard InChI is InChI=1S/C18H23N/c1-3-16(2)14-15-19(17-10-6-4-7-11-17)18-12-8-5-9-13-18/h4-13,16H,3,14-15H2,1-2H3. The maximum Gasteiger partial charge on any atom is 0.0410 e. The molecule has 0 spiro atoms. The van der Waals surface area contributed by atoms with Crippen molar-refractivity contribution in [1.29, 1.82) is 0 Å². The predicted molar refractivity (Wildman–Crippen MR) is 84.0 cm³/mol. The number of para-hydroxylation sites is 2. The van der Waals surface area contributed by atoms with Crippen LogP contribution in [0.2, 0.25) is 0 Å². The van der Waals surface area contributed by atoms with Gasteiger partial charge in [-0.1, -0.05) is 56.7 Å². The predicted octanol–water partition coefficient (Wildman–Crippen LogP) is 5.26. The molecule has 0 aromatic heterocycles. The Morgan fingerprint density at radius 3 is 1.74 bits per heavy atom. The van der Waals surface area contributed by atoms with Crippen LogP contribution in [0.15, 0.2) is 60.7 Å². The Labute approximate surface area is 116 Å². The molecule has 0 radical (unpaired) electrons. The van der Waals surface area contributed by atoms with Crippen molar-refractivity contribution >= 4 is 11.4 Å². The first-order valence-corrected chi connectivity index (χ1v) is 7.19. The van der Waals surface area contributed by atoms with Crippen LogP contribution in [-0.4, -0.2) is 6.54 Å². The fourth-order valence-corrected chi connectivity index (χ4v) is 2.18. The van der Waals surface area contributed by atoms with Gasteiger partial charge < -0.3 is 4.90 Å². The van der Waals surface area contributed by atoms with E-state index in [0.717, 1.165) is 12.5 Å². The van der Waals surface area contributed by atoms with Crippen molar-refractivity contribution in [3.63, 3.8) is 0 Å². The lowest BCUT2D eigenvalue weighted by molar-refractivity contribution is 0.521. The van der Waals surface area contributed by atoms with Gasteiger partial charge in [0.25, 0.3) is 0 Å². The zero-order valence-corrected chi connectivity index (χ0v) is 11.9. The molecule has 0 heterocycles. The molecule has 0 saturated carbocycles. The van der Waals surface area contributed by atoms with Gasteiger partial charge in [0.1, 0.15) is 0 Å². The van der Waals surface area contributed by atoms with Crippen LogP contribution in [-0.2, 0) is 0 Å². The Hall–Kier alpha value is -1.76. The maximum absolute atomic E-state index is 2.41. The van der Waals surface area contributed by atoms with E-state index >= 15 is 0 Å². The van der Waals surface area contributed by atoms with Crippen molar-refractivity contribution in [2.75, 3.05) is 11.4 Å². The minimum absolute atomic E-state index is 0.773. The van der Waals surface area contributed by atoms with Crippen LogP contribution in [0, 0.1) is 5.92 Å². The number of hydrogen-bond acceptors (Lipinski definition) is 1. The molecule has 2 aromatic rings. The summed E-state index contributed by atoms with van der Waals surface area (Å²) in [5.74, 6) is 0.773. The summed E-state index contributed by atoms with van der Waals surface area (Å²) in [5, 5.41) is 0. The molecular weight excluding hydrogens is 230 g/mol. The van der Waals surface area contributed by atoms with E-state index in [1.54, 1.807) is 0 Å². The molecular formula is C18H23N. The lowest BCUT2D eigenvalue weighted by Gasteiger charge is -2.26. The molecule has 0 amide bonds. The van der Waals surface area contributed by atoms with Crippen LogP contribution < -0.4 is 4.90 Å². The van der Waals surface area contributed by atoms with Crippen LogP contribution in [0.4, 0.5) is 11.4 Å². The summed E-state index contributed by atoms with van der Waals surface area (Å²) in [7, 11) is 0. The molecule has 19 heavy (non-hydrogen) atoms. The zero-order chi connectivity index (χ0) is 13.5. The highest BCUT2D eigenvalue weighted by Crippen LogP contribution is 2.26. The quantitative estimate of drug-likeness (QED) is 0.678. The summed E-state index contributed by atoms with van der Waals surface area (Å²) in [6.45, 7) is 5.66. The van der Waals surface area contributed by atoms with Crippen molar-refractivity contribution < 1.29 is 0 Å². The maximum atomic E-state index is 2.41. The summed E-state index contributed by atoms with van der Waals surface area (Å²) in [5.41, 5.74) is 2.55. The highest BCUT2D eigenvalue weighted by molar-refractivity contribution is 5.62. The Balaban J connectivity index is 2.19. The van der Waals surface area contributed by atoms with E-state index in [1.165, 1.54) is 24.2 Å². The van der Waals surface area contributed by atoms with Gasteiger partial charge >= 0.3 is 0 Å². The molecule has 1 unspecified atom stereocenters. The molecule has 0 saturated heterocycles. The number of benzene rings is 2. The molecule has 0 aliphatic heterocycles. The first kappa shape index (κ1) is 13.7. The molecule has 0 aliphatic carbocycles. The van der Waals surface area contributed by atoms with Gasteiger partial charge in [0.05, 0.1) is 0 Å². The van der Waals surface area contributed by atoms with E-state index in [2.05, 4.69) is 79.4 Å². The second-order valence-electron chi connectivity index (χ2n) is 5.12.